The highest BCUT2D eigenvalue weighted by atomic mass is 16.7. The largest absolute Gasteiger partial charge is 0.394 e. The standard InChI is InChI=1S/C66H115NO8/c1-3-5-7-9-11-13-15-17-19-21-23-25-27-28-29-30-31-32-34-35-37-39-41-43-45-47-49-51-53-55-60(69)59(58-74-66-65(73)64(72)63(71)61(57-68)75-66)67-62(70)56-54-52-50-48-46-44-42-40-38-36-33-26-24-22-20-18-16-14-12-10-8-6-4-2/h6,8,12,14,18,20,24,26,36,38,42,44-45,47,53,55,59-61,63-66,68-69,71-73H,3-5,7,9-11,13,15-17,19,21-23,25,27-35,37,39-41,43,46,48-52,54,56-58H2,1-2H3,(H,67,70)/b8-6-,14-12-,20-18-,26-24-,38-36-,44-42-,47-45+,55-53+. The highest BCUT2D eigenvalue weighted by molar-refractivity contribution is 5.76. The molecule has 75 heavy (non-hydrogen) atoms. The predicted octanol–water partition coefficient (Wildman–Crippen LogP) is 16.0. The van der Waals surface area contributed by atoms with E-state index in [9.17, 15) is 30.3 Å². The van der Waals surface area contributed by atoms with E-state index < -0.39 is 49.5 Å². The molecule has 0 radical (unpaired) electrons. The number of allylic oxidation sites excluding steroid dienone is 15. The van der Waals surface area contributed by atoms with Crippen molar-refractivity contribution in [1.29, 1.82) is 0 Å². The Morgan fingerprint density at radius 3 is 1.28 bits per heavy atom. The molecule has 0 aliphatic carbocycles. The van der Waals surface area contributed by atoms with Gasteiger partial charge in [0.15, 0.2) is 6.29 Å². The summed E-state index contributed by atoms with van der Waals surface area (Å²) in [5, 5.41) is 54.6. The smallest absolute Gasteiger partial charge is 0.220 e. The lowest BCUT2D eigenvalue weighted by atomic mass is 9.99. The molecular weight excluding hydrogens is 935 g/mol. The van der Waals surface area contributed by atoms with Crippen LogP contribution in [0.1, 0.15) is 258 Å². The maximum atomic E-state index is 13.1. The zero-order valence-corrected chi connectivity index (χ0v) is 48.0. The average Bonchev–Trinajstić information content (AvgIpc) is 3.41. The minimum atomic E-state index is -1.58. The molecule has 1 rings (SSSR count). The Morgan fingerprint density at radius 1 is 0.467 bits per heavy atom. The molecule has 0 aromatic carbocycles. The van der Waals surface area contributed by atoms with Crippen molar-refractivity contribution in [2.45, 2.75) is 301 Å². The number of aliphatic hydroxyl groups excluding tert-OH is 5. The summed E-state index contributed by atoms with van der Waals surface area (Å²) >= 11 is 0. The van der Waals surface area contributed by atoms with Crippen LogP contribution < -0.4 is 5.32 Å². The van der Waals surface area contributed by atoms with E-state index in [2.05, 4.69) is 104 Å². The number of unbranched alkanes of at least 4 members (excludes halogenated alkanes) is 28. The number of carbonyl (C=O) groups excluding carboxylic acids is 1. The fourth-order valence-corrected chi connectivity index (χ4v) is 9.29. The third kappa shape index (κ3) is 43.7. The molecule has 432 valence electrons. The van der Waals surface area contributed by atoms with Crippen LogP contribution in [0.2, 0.25) is 0 Å². The predicted molar refractivity (Wildman–Crippen MR) is 318 cm³/mol. The number of ether oxygens (including phenoxy) is 2. The van der Waals surface area contributed by atoms with Gasteiger partial charge in [0.1, 0.15) is 24.4 Å². The maximum absolute atomic E-state index is 13.1. The van der Waals surface area contributed by atoms with Gasteiger partial charge in [-0.15, -0.1) is 0 Å². The molecule has 0 spiro atoms. The molecule has 7 atom stereocenters. The molecule has 1 amide bonds. The van der Waals surface area contributed by atoms with E-state index in [1.54, 1.807) is 6.08 Å². The second kappa shape index (κ2) is 54.5. The van der Waals surface area contributed by atoms with Crippen LogP contribution in [0, 0.1) is 0 Å². The van der Waals surface area contributed by atoms with Crippen LogP contribution in [-0.2, 0) is 14.3 Å². The van der Waals surface area contributed by atoms with E-state index in [0.717, 1.165) is 83.5 Å². The van der Waals surface area contributed by atoms with Gasteiger partial charge in [0, 0.05) is 6.42 Å². The normalized spacial score (nSPS) is 19.6. The summed E-state index contributed by atoms with van der Waals surface area (Å²) in [7, 11) is 0. The maximum Gasteiger partial charge on any atom is 0.220 e. The first-order chi connectivity index (χ1) is 36.8. The third-order valence-corrected chi connectivity index (χ3v) is 14.1. The Labute approximate surface area is 460 Å². The summed E-state index contributed by atoms with van der Waals surface area (Å²) in [6, 6.07) is -0.844. The van der Waals surface area contributed by atoms with Crippen LogP contribution in [-0.4, -0.2) is 87.5 Å². The zero-order valence-electron chi connectivity index (χ0n) is 48.0. The van der Waals surface area contributed by atoms with E-state index in [1.807, 2.05) is 6.08 Å². The summed E-state index contributed by atoms with van der Waals surface area (Å²) in [6.45, 7) is 3.65. The number of hydrogen-bond acceptors (Lipinski definition) is 8. The second-order valence-electron chi connectivity index (χ2n) is 21.1. The van der Waals surface area contributed by atoms with Crippen LogP contribution in [0.5, 0.6) is 0 Å². The number of nitrogens with one attached hydrogen (secondary N) is 1. The molecule has 1 saturated heterocycles. The van der Waals surface area contributed by atoms with Crippen LogP contribution in [0.3, 0.4) is 0 Å². The number of aliphatic hydroxyl groups is 5. The summed E-state index contributed by atoms with van der Waals surface area (Å²) in [5.74, 6) is -0.213. The molecule has 0 bridgehead atoms. The SMILES string of the molecule is CC/C=C\C/C=C\C/C=C\C/C=C\C/C=C\C/C=C\CCCCCCC(=O)NC(COC1OC(CO)C(O)C(O)C1O)C(O)/C=C/CC/C=C/CCCCCCCCCCCCCCCCCCCCCCCCC. The van der Waals surface area contributed by atoms with Gasteiger partial charge in [0.25, 0.3) is 0 Å². The topological polar surface area (TPSA) is 149 Å². The van der Waals surface area contributed by atoms with E-state index >= 15 is 0 Å². The van der Waals surface area contributed by atoms with Gasteiger partial charge in [-0.2, -0.15) is 0 Å². The van der Waals surface area contributed by atoms with Gasteiger partial charge >= 0.3 is 0 Å². The fourth-order valence-electron chi connectivity index (χ4n) is 9.29. The van der Waals surface area contributed by atoms with Gasteiger partial charge in [-0.25, -0.2) is 0 Å². The number of carbonyl (C=O) groups is 1. The zero-order chi connectivity index (χ0) is 54.3. The van der Waals surface area contributed by atoms with Crippen LogP contribution >= 0.6 is 0 Å². The van der Waals surface area contributed by atoms with Gasteiger partial charge in [-0.05, 0) is 83.5 Å². The van der Waals surface area contributed by atoms with Crippen molar-refractivity contribution < 1.29 is 39.8 Å². The minimum Gasteiger partial charge on any atom is -0.394 e. The second-order valence-corrected chi connectivity index (χ2v) is 21.1. The van der Waals surface area contributed by atoms with Crippen molar-refractivity contribution >= 4 is 5.91 Å². The molecule has 0 aromatic rings. The van der Waals surface area contributed by atoms with Crippen molar-refractivity contribution in [1.82, 2.24) is 5.32 Å². The fraction of sp³-hybridized carbons (Fsp3) is 0.742. The number of amides is 1. The summed E-state index contributed by atoms with van der Waals surface area (Å²) in [4.78, 5) is 13.1. The molecule has 1 aliphatic heterocycles. The van der Waals surface area contributed by atoms with Gasteiger partial charge in [0.05, 0.1) is 25.4 Å². The first-order valence-corrected chi connectivity index (χ1v) is 31.0. The van der Waals surface area contributed by atoms with E-state index in [0.29, 0.717) is 12.8 Å². The lowest BCUT2D eigenvalue weighted by Crippen LogP contribution is -2.60. The molecule has 0 saturated carbocycles. The molecule has 6 N–H and O–H groups in total. The quantitative estimate of drug-likeness (QED) is 0.0261. The summed E-state index contributed by atoms with van der Waals surface area (Å²) in [6.07, 6.45) is 72.0. The van der Waals surface area contributed by atoms with Crippen molar-refractivity contribution in [2.24, 2.45) is 0 Å². The lowest BCUT2D eigenvalue weighted by molar-refractivity contribution is -0.302. The van der Waals surface area contributed by atoms with Crippen LogP contribution in [0.4, 0.5) is 0 Å². The van der Waals surface area contributed by atoms with Gasteiger partial charge in [-0.1, -0.05) is 265 Å². The Bertz CT molecular complexity index is 1500. The van der Waals surface area contributed by atoms with Crippen molar-refractivity contribution in [2.75, 3.05) is 13.2 Å². The van der Waals surface area contributed by atoms with E-state index in [-0.39, 0.29) is 12.5 Å². The third-order valence-electron chi connectivity index (χ3n) is 14.1. The molecule has 0 aromatic heterocycles. The lowest BCUT2D eigenvalue weighted by Gasteiger charge is -2.40. The monoisotopic (exact) mass is 1050 g/mol. The first kappa shape index (κ1) is 70.1. The van der Waals surface area contributed by atoms with Gasteiger partial charge < -0.3 is 40.3 Å². The molecule has 9 heteroatoms. The molecule has 1 aliphatic rings. The average molecular weight is 1050 g/mol. The van der Waals surface area contributed by atoms with E-state index in [1.165, 1.54) is 148 Å². The van der Waals surface area contributed by atoms with Crippen molar-refractivity contribution in [3.05, 3.63) is 97.2 Å². The summed E-state index contributed by atoms with van der Waals surface area (Å²) in [5.41, 5.74) is 0. The Balaban J connectivity index is 2.25. The van der Waals surface area contributed by atoms with Crippen molar-refractivity contribution in [3.8, 4) is 0 Å². The van der Waals surface area contributed by atoms with Crippen LogP contribution in [0.15, 0.2) is 97.2 Å². The molecule has 9 nitrogen and oxygen atoms in total. The summed E-state index contributed by atoms with van der Waals surface area (Å²) < 4.78 is 11.3. The number of rotatable bonds is 52. The Kier molecular flexibility index (Phi) is 50.9. The molecular formula is C66H115NO8. The molecule has 7 unspecified atom stereocenters. The van der Waals surface area contributed by atoms with Crippen LogP contribution in [0.25, 0.3) is 0 Å². The molecule has 1 heterocycles. The van der Waals surface area contributed by atoms with Crippen molar-refractivity contribution in [3.63, 3.8) is 0 Å². The minimum absolute atomic E-state index is 0.213. The Hall–Kier alpha value is -2.89. The van der Waals surface area contributed by atoms with E-state index in [4.69, 9.17) is 9.47 Å². The number of hydrogen-bond donors (Lipinski definition) is 6. The first-order valence-electron chi connectivity index (χ1n) is 31.0. The Morgan fingerprint density at radius 2 is 0.840 bits per heavy atom. The van der Waals surface area contributed by atoms with Gasteiger partial charge in [0.2, 0.25) is 5.91 Å². The highest BCUT2D eigenvalue weighted by Crippen LogP contribution is 2.23. The van der Waals surface area contributed by atoms with Gasteiger partial charge in [-0.3, -0.25) is 4.79 Å². The molecule has 1 fully saturated rings. The highest BCUT2D eigenvalue weighted by Gasteiger charge is 2.44.